The number of alkyl halides is 3. The largest absolute Gasteiger partial charge is 0.494 e. The highest BCUT2D eigenvalue weighted by Crippen LogP contribution is 2.37. The van der Waals surface area contributed by atoms with Gasteiger partial charge in [-0.2, -0.15) is 13.2 Å². The Morgan fingerprint density at radius 1 is 1.00 bits per heavy atom. The van der Waals surface area contributed by atoms with Crippen LogP contribution in [0.1, 0.15) is 38.8 Å². The van der Waals surface area contributed by atoms with Gasteiger partial charge in [-0.15, -0.1) is 0 Å². The maximum Gasteiger partial charge on any atom is 0.494 e. The minimum atomic E-state index is -4.38. The zero-order valence-electron chi connectivity index (χ0n) is 15.4. The van der Waals surface area contributed by atoms with Gasteiger partial charge in [0.2, 0.25) is 0 Å². The molecule has 0 atom stereocenters. The number of rotatable bonds is 3. The molecule has 1 aliphatic rings. The Bertz CT molecular complexity index is 605. The molecular formula is C17H26BF3NO2+. The summed E-state index contributed by atoms with van der Waals surface area (Å²) >= 11 is 0. The summed E-state index contributed by atoms with van der Waals surface area (Å²) in [7, 11) is 4.92. The molecule has 0 aromatic heterocycles. The summed E-state index contributed by atoms with van der Waals surface area (Å²) in [5.74, 6) is 0. The molecule has 1 aromatic carbocycles. The predicted octanol–water partition coefficient (Wildman–Crippen LogP) is 3.21. The van der Waals surface area contributed by atoms with Crippen molar-refractivity contribution in [2.75, 3.05) is 21.1 Å². The van der Waals surface area contributed by atoms with Gasteiger partial charge in [-0.1, -0.05) is 12.1 Å². The summed E-state index contributed by atoms with van der Waals surface area (Å²) in [6.45, 7) is 7.95. The van der Waals surface area contributed by atoms with Crippen LogP contribution in [-0.4, -0.2) is 43.9 Å². The lowest BCUT2D eigenvalue weighted by Crippen LogP contribution is -2.41. The average Bonchev–Trinajstić information content (AvgIpc) is 2.54. The number of hydrogen-bond donors (Lipinski definition) is 0. The summed E-state index contributed by atoms with van der Waals surface area (Å²) in [5, 5.41) is 0. The topological polar surface area (TPSA) is 18.5 Å². The van der Waals surface area contributed by atoms with Crippen molar-refractivity contribution in [1.29, 1.82) is 0 Å². The summed E-state index contributed by atoms with van der Waals surface area (Å²) in [6, 6.07) is 4.14. The molecule has 0 bridgehead atoms. The van der Waals surface area contributed by atoms with E-state index in [1.165, 1.54) is 6.07 Å². The van der Waals surface area contributed by atoms with Crippen LogP contribution in [0.5, 0.6) is 0 Å². The van der Waals surface area contributed by atoms with Crippen molar-refractivity contribution in [3.8, 4) is 0 Å². The Kier molecular flexibility index (Phi) is 4.62. The van der Waals surface area contributed by atoms with E-state index in [1.54, 1.807) is 6.07 Å². The standard InChI is InChI=1S/C17H26BF3NO2/c1-15(2)16(3,4)24-18(23-15)13-8-9-14(17(19,20)21)12(10-13)11-22(5,6)7/h8-10H,11H2,1-7H3/q+1. The molecule has 0 radical (unpaired) electrons. The van der Waals surface area contributed by atoms with Crippen molar-refractivity contribution < 1.29 is 27.0 Å². The third-order valence-electron chi connectivity index (χ3n) is 4.60. The fourth-order valence-corrected chi connectivity index (χ4v) is 2.66. The molecule has 24 heavy (non-hydrogen) atoms. The van der Waals surface area contributed by atoms with E-state index in [-0.39, 0.29) is 12.1 Å². The molecule has 3 nitrogen and oxygen atoms in total. The monoisotopic (exact) mass is 344 g/mol. The molecule has 1 aromatic rings. The van der Waals surface area contributed by atoms with Crippen LogP contribution in [0.4, 0.5) is 13.2 Å². The third kappa shape index (κ3) is 3.95. The number of benzene rings is 1. The van der Waals surface area contributed by atoms with Crippen molar-refractivity contribution in [2.24, 2.45) is 0 Å². The number of nitrogens with zero attached hydrogens (tertiary/aromatic N) is 1. The van der Waals surface area contributed by atoms with Gasteiger partial charge >= 0.3 is 13.3 Å². The fraction of sp³-hybridized carbons (Fsp3) is 0.647. The van der Waals surface area contributed by atoms with Gasteiger partial charge in [-0.05, 0) is 39.2 Å². The van der Waals surface area contributed by atoms with E-state index in [0.717, 1.165) is 6.07 Å². The van der Waals surface area contributed by atoms with E-state index >= 15 is 0 Å². The first-order valence-electron chi connectivity index (χ1n) is 7.98. The van der Waals surface area contributed by atoms with Gasteiger partial charge in [0, 0.05) is 5.56 Å². The number of halogens is 3. The second kappa shape index (κ2) is 5.75. The Hall–Kier alpha value is -1.05. The number of quaternary nitrogens is 1. The van der Waals surface area contributed by atoms with E-state index in [2.05, 4.69) is 0 Å². The predicted molar refractivity (Wildman–Crippen MR) is 88.9 cm³/mol. The molecule has 0 saturated carbocycles. The fourth-order valence-electron chi connectivity index (χ4n) is 2.66. The summed E-state index contributed by atoms with van der Waals surface area (Å²) in [6.07, 6.45) is -4.38. The van der Waals surface area contributed by atoms with Crippen molar-refractivity contribution in [1.82, 2.24) is 0 Å². The average molecular weight is 344 g/mol. The summed E-state index contributed by atoms with van der Waals surface area (Å²) in [5.41, 5.74) is -0.788. The van der Waals surface area contributed by atoms with Gasteiger partial charge in [0.1, 0.15) is 6.54 Å². The minimum Gasteiger partial charge on any atom is -0.399 e. The normalized spacial score (nSPS) is 20.5. The molecule has 0 N–H and O–H groups in total. The van der Waals surface area contributed by atoms with Crippen molar-refractivity contribution in [2.45, 2.75) is 51.6 Å². The van der Waals surface area contributed by atoms with Crippen LogP contribution in [0.2, 0.25) is 0 Å². The highest BCUT2D eigenvalue weighted by molar-refractivity contribution is 6.62. The van der Waals surface area contributed by atoms with E-state index < -0.39 is 30.1 Å². The van der Waals surface area contributed by atoms with Gasteiger partial charge in [0.15, 0.2) is 0 Å². The van der Waals surface area contributed by atoms with E-state index in [9.17, 15) is 13.2 Å². The molecule has 1 aliphatic heterocycles. The van der Waals surface area contributed by atoms with E-state index in [4.69, 9.17) is 9.31 Å². The van der Waals surface area contributed by atoms with Crippen LogP contribution in [0.15, 0.2) is 18.2 Å². The smallest absolute Gasteiger partial charge is 0.399 e. The molecule has 0 aliphatic carbocycles. The van der Waals surface area contributed by atoms with E-state index in [0.29, 0.717) is 9.95 Å². The van der Waals surface area contributed by atoms with Crippen molar-refractivity contribution in [3.05, 3.63) is 29.3 Å². The lowest BCUT2D eigenvalue weighted by atomic mass is 9.77. The zero-order valence-corrected chi connectivity index (χ0v) is 15.4. The second-order valence-electron chi connectivity index (χ2n) is 8.45. The summed E-state index contributed by atoms with van der Waals surface area (Å²) in [4.78, 5) is 0. The molecule has 7 heteroatoms. The molecule has 134 valence electrons. The maximum absolute atomic E-state index is 13.3. The van der Waals surface area contributed by atoms with Gasteiger partial charge in [0.25, 0.3) is 0 Å². The molecule has 1 saturated heterocycles. The van der Waals surface area contributed by atoms with Gasteiger partial charge in [0.05, 0.1) is 37.9 Å². The van der Waals surface area contributed by atoms with Gasteiger partial charge in [-0.3, -0.25) is 0 Å². The Labute approximate surface area is 142 Å². The molecule has 1 fully saturated rings. The van der Waals surface area contributed by atoms with Crippen LogP contribution in [-0.2, 0) is 22.0 Å². The van der Waals surface area contributed by atoms with Gasteiger partial charge < -0.3 is 13.8 Å². The first-order valence-corrected chi connectivity index (χ1v) is 7.98. The molecule has 0 spiro atoms. The second-order valence-corrected chi connectivity index (χ2v) is 8.45. The Balaban J connectivity index is 2.42. The first-order chi connectivity index (χ1) is 10.6. The molecule has 1 heterocycles. The first kappa shape index (κ1) is 19.3. The Morgan fingerprint density at radius 3 is 1.92 bits per heavy atom. The van der Waals surface area contributed by atoms with Crippen LogP contribution in [0, 0.1) is 0 Å². The molecular weight excluding hydrogens is 318 g/mol. The lowest BCUT2D eigenvalue weighted by Gasteiger charge is -2.32. The van der Waals surface area contributed by atoms with Crippen LogP contribution < -0.4 is 5.46 Å². The Morgan fingerprint density at radius 2 is 1.50 bits per heavy atom. The minimum absolute atomic E-state index is 0.252. The summed E-state index contributed by atoms with van der Waals surface area (Å²) < 4.78 is 52.2. The highest BCUT2D eigenvalue weighted by atomic mass is 19.4. The van der Waals surface area contributed by atoms with E-state index in [1.807, 2.05) is 48.8 Å². The SMILES string of the molecule is CC1(C)OB(c2ccc(C(F)(F)F)c(C[N+](C)(C)C)c2)OC1(C)C. The van der Waals surface area contributed by atoms with Gasteiger partial charge in [-0.25, -0.2) is 0 Å². The molecule has 0 unspecified atom stereocenters. The third-order valence-corrected chi connectivity index (χ3v) is 4.60. The van der Waals surface area contributed by atoms with Crippen LogP contribution in [0.25, 0.3) is 0 Å². The molecule has 0 amide bonds. The highest BCUT2D eigenvalue weighted by Gasteiger charge is 2.52. The van der Waals surface area contributed by atoms with Crippen molar-refractivity contribution in [3.63, 3.8) is 0 Å². The van der Waals surface area contributed by atoms with Crippen LogP contribution >= 0.6 is 0 Å². The zero-order chi connectivity index (χ0) is 18.6. The quantitative estimate of drug-likeness (QED) is 0.619. The number of hydrogen-bond acceptors (Lipinski definition) is 2. The lowest BCUT2D eigenvalue weighted by molar-refractivity contribution is -0.884. The molecule has 2 rings (SSSR count). The maximum atomic E-state index is 13.3. The van der Waals surface area contributed by atoms with Crippen LogP contribution in [0.3, 0.4) is 0 Å². The van der Waals surface area contributed by atoms with Crippen molar-refractivity contribution >= 4 is 12.6 Å².